The van der Waals surface area contributed by atoms with Crippen LogP contribution in [0.1, 0.15) is 49.4 Å². The highest BCUT2D eigenvalue weighted by Crippen LogP contribution is 2.37. The number of nitrogens with one attached hydrogen (secondary N) is 2. The maximum absolute atomic E-state index is 12.6. The first-order valence-corrected chi connectivity index (χ1v) is 10.4. The molecule has 2 heterocycles. The Bertz CT molecular complexity index is 906. The number of hydrogen-bond donors (Lipinski definition) is 2. The van der Waals surface area contributed by atoms with Crippen molar-refractivity contribution in [2.75, 3.05) is 0 Å². The molecule has 0 bridgehead atoms. The van der Waals surface area contributed by atoms with Crippen LogP contribution >= 0.6 is 34.5 Å². The Morgan fingerprint density at radius 1 is 1.32 bits per heavy atom. The Morgan fingerprint density at radius 2 is 2.00 bits per heavy atom. The molecule has 3 amide bonds. The van der Waals surface area contributed by atoms with Gasteiger partial charge in [0.05, 0.1) is 22.5 Å². The molecule has 0 aliphatic carbocycles. The highest BCUT2D eigenvalue weighted by Gasteiger charge is 2.33. The van der Waals surface area contributed by atoms with Gasteiger partial charge in [0.2, 0.25) is 17.7 Å². The molecule has 0 radical (unpaired) electrons. The summed E-state index contributed by atoms with van der Waals surface area (Å²) in [5, 5.41) is 7.71. The molecule has 148 valence electrons. The summed E-state index contributed by atoms with van der Waals surface area (Å²) in [4.78, 5) is 40.3. The zero-order chi connectivity index (χ0) is 20.5. The second-order valence-corrected chi connectivity index (χ2v) is 8.69. The van der Waals surface area contributed by atoms with E-state index in [0.717, 1.165) is 0 Å². The number of halogens is 2. The Balaban J connectivity index is 1.73. The number of amides is 3. The fourth-order valence-corrected chi connectivity index (χ4v) is 4.60. The number of rotatable bonds is 5. The van der Waals surface area contributed by atoms with Crippen LogP contribution in [0.3, 0.4) is 0 Å². The zero-order valence-corrected chi connectivity index (χ0v) is 17.7. The van der Waals surface area contributed by atoms with E-state index in [1.807, 2.05) is 19.2 Å². The summed E-state index contributed by atoms with van der Waals surface area (Å²) in [6.07, 6.45) is 0.606. The minimum Gasteiger partial charge on any atom is -0.351 e. The van der Waals surface area contributed by atoms with Gasteiger partial charge in [0.1, 0.15) is 0 Å². The molecule has 1 aromatic carbocycles. The van der Waals surface area contributed by atoms with E-state index in [9.17, 15) is 14.4 Å². The van der Waals surface area contributed by atoms with Crippen molar-refractivity contribution in [3.8, 4) is 0 Å². The van der Waals surface area contributed by atoms with Crippen LogP contribution in [0.4, 0.5) is 0 Å². The van der Waals surface area contributed by atoms with E-state index in [1.54, 1.807) is 17.6 Å². The van der Waals surface area contributed by atoms with Crippen molar-refractivity contribution >= 4 is 52.3 Å². The van der Waals surface area contributed by atoms with Crippen LogP contribution < -0.4 is 10.6 Å². The van der Waals surface area contributed by atoms with Crippen LogP contribution in [0, 0.1) is 0 Å². The largest absolute Gasteiger partial charge is 0.351 e. The average Bonchev–Trinajstić information content (AvgIpc) is 3.16. The van der Waals surface area contributed by atoms with Crippen LogP contribution in [0.25, 0.3) is 0 Å². The second-order valence-electron chi connectivity index (χ2n) is 7.16. The van der Waals surface area contributed by atoms with Gasteiger partial charge in [-0.3, -0.25) is 19.7 Å². The molecule has 2 aromatic rings. The van der Waals surface area contributed by atoms with Gasteiger partial charge in [0, 0.05) is 34.0 Å². The van der Waals surface area contributed by atoms with Crippen LogP contribution in [0.15, 0.2) is 23.0 Å². The molecule has 1 fully saturated rings. The molecule has 1 aliphatic rings. The normalized spacial score (nSPS) is 17.4. The summed E-state index contributed by atoms with van der Waals surface area (Å²) >= 11 is 14.2. The van der Waals surface area contributed by atoms with Crippen LogP contribution in [0.5, 0.6) is 0 Å². The third kappa shape index (κ3) is 4.21. The quantitative estimate of drug-likeness (QED) is 0.696. The van der Waals surface area contributed by atoms with Crippen molar-refractivity contribution in [2.24, 2.45) is 0 Å². The minimum absolute atomic E-state index is 0.167. The van der Waals surface area contributed by atoms with Gasteiger partial charge in [0.15, 0.2) is 0 Å². The molecule has 9 heteroatoms. The molecule has 0 spiro atoms. The van der Waals surface area contributed by atoms with Gasteiger partial charge in [0.25, 0.3) is 0 Å². The Kier molecular flexibility index (Phi) is 6.07. The van der Waals surface area contributed by atoms with Gasteiger partial charge < -0.3 is 5.32 Å². The zero-order valence-electron chi connectivity index (χ0n) is 15.3. The summed E-state index contributed by atoms with van der Waals surface area (Å²) in [6.45, 7) is 3.86. The van der Waals surface area contributed by atoms with Gasteiger partial charge in [-0.25, -0.2) is 4.98 Å². The number of hydrogen-bond acceptors (Lipinski definition) is 5. The summed E-state index contributed by atoms with van der Waals surface area (Å²) in [5.41, 5.74) is 2.86. The third-order valence-corrected chi connectivity index (χ3v) is 6.03. The highest BCUT2D eigenvalue weighted by molar-refractivity contribution is 7.07. The summed E-state index contributed by atoms with van der Waals surface area (Å²) in [5.74, 6) is -1.42. The summed E-state index contributed by atoms with van der Waals surface area (Å²) in [7, 11) is 0. The van der Waals surface area contributed by atoms with Gasteiger partial charge in [-0.05, 0) is 38.0 Å². The van der Waals surface area contributed by atoms with Crippen molar-refractivity contribution in [1.29, 1.82) is 0 Å². The number of nitrogens with zero attached hydrogens (tertiary/aromatic N) is 1. The number of carbonyl (C=O) groups is 3. The highest BCUT2D eigenvalue weighted by atomic mass is 35.5. The molecule has 6 nitrogen and oxygen atoms in total. The number of imide groups is 1. The number of benzene rings is 1. The minimum atomic E-state index is -0.764. The smallest absolute Gasteiger partial charge is 0.234 e. The Morgan fingerprint density at radius 3 is 2.57 bits per heavy atom. The second kappa shape index (κ2) is 8.19. The number of carbonyl (C=O) groups excluding carboxylic acids is 3. The van der Waals surface area contributed by atoms with E-state index in [1.165, 1.54) is 11.3 Å². The van der Waals surface area contributed by atoms with Gasteiger partial charge in [-0.1, -0.05) is 23.2 Å². The SMILES string of the molecule is CC(C)(C(=O)NCc1cc(Cl)c(C2CCC(=O)NC2=O)c(Cl)c1)c1cscn1. The molecule has 1 atom stereocenters. The molecule has 2 N–H and O–H groups in total. The van der Waals surface area contributed by atoms with Crippen molar-refractivity contribution in [3.05, 3.63) is 49.9 Å². The van der Waals surface area contributed by atoms with E-state index in [0.29, 0.717) is 33.3 Å². The van der Waals surface area contributed by atoms with Gasteiger partial charge in [-0.2, -0.15) is 0 Å². The van der Waals surface area contributed by atoms with Gasteiger partial charge >= 0.3 is 0 Å². The van der Waals surface area contributed by atoms with E-state index in [-0.39, 0.29) is 24.8 Å². The molecular weight excluding hydrogens is 421 g/mol. The molecule has 1 saturated heterocycles. The lowest BCUT2D eigenvalue weighted by Gasteiger charge is -2.24. The van der Waals surface area contributed by atoms with E-state index < -0.39 is 17.2 Å². The molecule has 28 heavy (non-hydrogen) atoms. The first-order chi connectivity index (χ1) is 13.2. The van der Waals surface area contributed by atoms with Crippen molar-refractivity contribution in [1.82, 2.24) is 15.6 Å². The van der Waals surface area contributed by atoms with E-state index >= 15 is 0 Å². The maximum Gasteiger partial charge on any atom is 0.234 e. The lowest BCUT2D eigenvalue weighted by atomic mass is 9.88. The molecular formula is C19H19Cl2N3O3S. The average molecular weight is 440 g/mol. The van der Waals surface area contributed by atoms with Crippen molar-refractivity contribution in [3.63, 3.8) is 0 Å². The molecule has 1 aromatic heterocycles. The molecule has 1 unspecified atom stereocenters. The predicted molar refractivity (Wildman–Crippen MR) is 109 cm³/mol. The fraction of sp³-hybridized carbons (Fsp3) is 0.368. The first kappa shape index (κ1) is 20.8. The molecule has 1 aliphatic heterocycles. The van der Waals surface area contributed by atoms with E-state index in [4.69, 9.17) is 23.2 Å². The first-order valence-electron chi connectivity index (χ1n) is 8.68. The molecule has 0 saturated carbocycles. The lowest BCUT2D eigenvalue weighted by Crippen LogP contribution is -2.40. The Labute approximate surface area is 176 Å². The number of thiazole rings is 1. The third-order valence-electron chi connectivity index (χ3n) is 4.82. The van der Waals surface area contributed by atoms with Crippen molar-refractivity contribution in [2.45, 2.75) is 44.6 Å². The van der Waals surface area contributed by atoms with Crippen LogP contribution in [-0.2, 0) is 26.3 Å². The summed E-state index contributed by atoms with van der Waals surface area (Å²) in [6, 6.07) is 3.37. The van der Waals surface area contributed by atoms with E-state index in [2.05, 4.69) is 15.6 Å². The predicted octanol–water partition coefficient (Wildman–Crippen LogP) is 3.56. The van der Waals surface area contributed by atoms with Crippen molar-refractivity contribution < 1.29 is 14.4 Å². The monoisotopic (exact) mass is 439 g/mol. The summed E-state index contributed by atoms with van der Waals surface area (Å²) < 4.78 is 0. The van der Waals surface area contributed by atoms with Crippen LogP contribution in [-0.4, -0.2) is 22.7 Å². The van der Waals surface area contributed by atoms with Crippen LogP contribution in [0.2, 0.25) is 10.0 Å². The Hall–Kier alpha value is -1.96. The number of aromatic nitrogens is 1. The lowest BCUT2D eigenvalue weighted by molar-refractivity contribution is -0.134. The molecule has 3 rings (SSSR count). The standard InChI is InChI=1S/C19H19Cl2N3O3S/c1-19(2,14-8-28-9-23-14)18(27)22-7-10-5-12(20)16(13(21)6-10)11-3-4-15(25)24-17(11)26/h5-6,8-9,11H,3-4,7H2,1-2H3,(H,22,27)(H,24,25,26). The fourth-order valence-electron chi connectivity index (χ4n) is 3.08. The van der Waals surface area contributed by atoms with Gasteiger partial charge in [-0.15, -0.1) is 11.3 Å². The topological polar surface area (TPSA) is 88.2 Å². The maximum atomic E-state index is 12.6. The number of piperidine rings is 1.